The van der Waals surface area contributed by atoms with E-state index in [4.69, 9.17) is 5.73 Å². The summed E-state index contributed by atoms with van der Waals surface area (Å²) in [5.41, 5.74) is 7.14. The Kier molecular flexibility index (Phi) is 4.54. The Morgan fingerprint density at radius 2 is 2.10 bits per heavy atom. The van der Waals surface area contributed by atoms with Crippen molar-refractivity contribution in [2.75, 3.05) is 0 Å². The van der Waals surface area contributed by atoms with E-state index in [1.807, 2.05) is 13.0 Å². The zero-order valence-electron chi connectivity index (χ0n) is 11.4. The summed E-state index contributed by atoms with van der Waals surface area (Å²) in [6.07, 6.45) is 1.69. The molecule has 1 aromatic heterocycles. The van der Waals surface area contributed by atoms with Crippen molar-refractivity contribution < 1.29 is 8.42 Å². The molecule has 7 heteroatoms. The summed E-state index contributed by atoms with van der Waals surface area (Å²) in [6, 6.07) is 5.14. The van der Waals surface area contributed by atoms with E-state index in [1.54, 1.807) is 25.3 Å². The van der Waals surface area contributed by atoms with Gasteiger partial charge < -0.3 is 5.73 Å². The summed E-state index contributed by atoms with van der Waals surface area (Å²) in [4.78, 5) is 5.27. The lowest BCUT2D eigenvalue weighted by Gasteiger charge is -2.11. The van der Waals surface area contributed by atoms with Gasteiger partial charge in [0.2, 0.25) is 10.0 Å². The normalized spacial score (nSPS) is 11.8. The molecule has 108 valence electrons. The van der Waals surface area contributed by atoms with Gasteiger partial charge in [-0.1, -0.05) is 12.1 Å². The lowest BCUT2D eigenvalue weighted by atomic mass is 10.1. The molecule has 0 saturated heterocycles. The number of nitrogens with two attached hydrogens (primary N) is 1. The molecule has 2 aromatic rings. The molecule has 0 radical (unpaired) electrons. The van der Waals surface area contributed by atoms with Gasteiger partial charge in [-0.05, 0) is 31.0 Å². The highest BCUT2D eigenvalue weighted by molar-refractivity contribution is 7.89. The van der Waals surface area contributed by atoms with Crippen LogP contribution in [0.5, 0.6) is 0 Å². The SMILES string of the molecule is Cc1ncc(CNS(=O)(=O)c2cccc(CN)c2C)s1. The highest BCUT2D eigenvalue weighted by atomic mass is 32.2. The predicted molar refractivity (Wildman–Crippen MR) is 79.9 cm³/mol. The molecule has 0 saturated carbocycles. The molecule has 0 aliphatic rings. The Morgan fingerprint density at radius 1 is 1.35 bits per heavy atom. The van der Waals surface area contributed by atoms with E-state index in [2.05, 4.69) is 9.71 Å². The second kappa shape index (κ2) is 6.01. The summed E-state index contributed by atoms with van der Waals surface area (Å²) >= 11 is 1.48. The predicted octanol–water partition coefficient (Wildman–Crippen LogP) is 1.70. The third-order valence-corrected chi connectivity index (χ3v) is 5.47. The number of rotatable bonds is 5. The van der Waals surface area contributed by atoms with Crippen molar-refractivity contribution in [3.8, 4) is 0 Å². The first kappa shape index (κ1) is 15.1. The zero-order chi connectivity index (χ0) is 14.8. The van der Waals surface area contributed by atoms with Gasteiger partial charge in [0, 0.05) is 24.2 Å². The van der Waals surface area contributed by atoms with Crippen molar-refractivity contribution >= 4 is 21.4 Å². The van der Waals surface area contributed by atoms with Crippen molar-refractivity contribution in [1.82, 2.24) is 9.71 Å². The smallest absolute Gasteiger partial charge is 0.241 e. The van der Waals surface area contributed by atoms with E-state index in [-0.39, 0.29) is 11.4 Å². The molecule has 1 aromatic carbocycles. The number of benzene rings is 1. The van der Waals surface area contributed by atoms with Crippen molar-refractivity contribution in [3.05, 3.63) is 45.4 Å². The van der Waals surface area contributed by atoms with Gasteiger partial charge in [0.15, 0.2) is 0 Å². The highest BCUT2D eigenvalue weighted by Gasteiger charge is 2.18. The average Bonchev–Trinajstić information content (AvgIpc) is 2.82. The fraction of sp³-hybridized carbons (Fsp3) is 0.308. The maximum atomic E-state index is 12.3. The molecule has 0 atom stereocenters. The van der Waals surface area contributed by atoms with E-state index in [9.17, 15) is 8.42 Å². The number of nitrogens with zero attached hydrogens (tertiary/aromatic N) is 1. The maximum absolute atomic E-state index is 12.3. The van der Waals surface area contributed by atoms with Crippen molar-refractivity contribution in [2.45, 2.75) is 31.8 Å². The van der Waals surface area contributed by atoms with Crippen LogP contribution in [0.1, 0.15) is 21.0 Å². The van der Waals surface area contributed by atoms with Crippen LogP contribution in [0.15, 0.2) is 29.3 Å². The number of hydrogen-bond donors (Lipinski definition) is 2. The van der Waals surface area contributed by atoms with Crippen LogP contribution in [0.2, 0.25) is 0 Å². The standard InChI is InChI=1S/C13H17N3O2S2/c1-9-11(6-14)4-3-5-13(9)20(17,18)16-8-12-7-15-10(2)19-12/h3-5,7,16H,6,8,14H2,1-2H3. The molecule has 0 spiro atoms. The number of thiazole rings is 1. The second-order valence-electron chi connectivity index (χ2n) is 4.41. The first-order valence-corrected chi connectivity index (χ1v) is 8.43. The van der Waals surface area contributed by atoms with Gasteiger partial charge in [-0.25, -0.2) is 18.1 Å². The molecule has 0 aliphatic heterocycles. The van der Waals surface area contributed by atoms with E-state index in [1.165, 1.54) is 11.3 Å². The van der Waals surface area contributed by atoms with E-state index in [0.29, 0.717) is 12.1 Å². The summed E-state index contributed by atoms with van der Waals surface area (Å²) in [7, 11) is -3.54. The van der Waals surface area contributed by atoms with Gasteiger partial charge in [0.1, 0.15) is 0 Å². The Labute approximate surface area is 122 Å². The number of hydrogen-bond acceptors (Lipinski definition) is 5. The van der Waals surface area contributed by atoms with Crippen molar-refractivity contribution in [2.24, 2.45) is 5.73 Å². The molecule has 5 nitrogen and oxygen atoms in total. The summed E-state index contributed by atoms with van der Waals surface area (Å²) in [5, 5.41) is 0.917. The van der Waals surface area contributed by atoms with Crippen molar-refractivity contribution in [3.63, 3.8) is 0 Å². The van der Waals surface area contributed by atoms with E-state index < -0.39 is 10.0 Å². The molecular formula is C13H17N3O2S2. The van der Waals surface area contributed by atoms with Gasteiger partial charge in [-0.2, -0.15) is 0 Å². The lowest BCUT2D eigenvalue weighted by molar-refractivity contribution is 0.581. The number of sulfonamides is 1. The molecule has 1 heterocycles. The minimum absolute atomic E-state index is 0.250. The number of aryl methyl sites for hydroxylation is 1. The summed E-state index contributed by atoms with van der Waals surface area (Å²) in [6.45, 7) is 4.23. The highest BCUT2D eigenvalue weighted by Crippen LogP contribution is 2.19. The van der Waals surface area contributed by atoms with E-state index in [0.717, 1.165) is 15.4 Å². The van der Waals surface area contributed by atoms with Crippen molar-refractivity contribution in [1.29, 1.82) is 0 Å². The Morgan fingerprint density at radius 3 is 2.70 bits per heavy atom. The van der Waals surface area contributed by atoms with Crippen LogP contribution in [0.3, 0.4) is 0 Å². The fourth-order valence-corrected chi connectivity index (χ4v) is 4.02. The topological polar surface area (TPSA) is 85.1 Å². The third-order valence-electron chi connectivity index (χ3n) is 3.01. The first-order chi connectivity index (χ1) is 9.44. The number of nitrogens with one attached hydrogen (secondary N) is 1. The zero-order valence-corrected chi connectivity index (χ0v) is 13.0. The molecule has 2 rings (SSSR count). The second-order valence-corrected chi connectivity index (χ2v) is 7.47. The van der Waals surface area contributed by atoms with Gasteiger partial charge in [-0.15, -0.1) is 11.3 Å². The molecule has 0 fully saturated rings. The minimum Gasteiger partial charge on any atom is -0.326 e. The van der Waals surface area contributed by atoms with Crippen LogP contribution >= 0.6 is 11.3 Å². The molecule has 0 unspecified atom stereocenters. The first-order valence-electron chi connectivity index (χ1n) is 6.13. The summed E-state index contributed by atoms with van der Waals surface area (Å²) in [5.74, 6) is 0. The Bertz CT molecular complexity index is 708. The Balaban J connectivity index is 2.22. The van der Waals surface area contributed by atoms with Gasteiger partial charge in [0.05, 0.1) is 9.90 Å². The van der Waals surface area contributed by atoms with Crippen LogP contribution in [-0.4, -0.2) is 13.4 Å². The van der Waals surface area contributed by atoms with Gasteiger partial charge in [0.25, 0.3) is 0 Å². The van der Waals surface area contributed by atoms with Crippen LogP contribution in [0.4, 0.5) is 0 Å². The Hall–Kier alpha value is -1.28. The molecule has 3 N–H and O–H groups in total. The minimum atomic E-state index is -3.54. The van der Waals surface area contributed by atoms with Crippen LogP contribution in [0.25, 0.3) is 0 Å². The number of aromatic nitrogens is 1. The van der Waals surface area contributed by atoms with Gasteiger partial charge in [-0.3, -0.25) is 0 Å². The monoisotopic (exact) mass is 311 g/mol. The molecule has 0 aliphatic carbocycles. The molecular weight excluding hydrogens is 294 g/mol. The van der Waals surface area contributed by atoms with Crippen LogP contribution in [-0.2, 0) is 23.1 Å². The summed E-state index contributed by atoms with van der Waals surface area (Å²) < 4.78 is 27.3. The quantitative estimate of drug-likeness (QED) is 0.880. The molecule has 0 bridgehead atoms. The van der Waals surface area contributed by atoms with Crippen LogP contribution in [0, 0.1) is 13.8 Å². The average molecular weight is 311 g/mol. The molecule has 20 heavy (non-hydrogen) atoms. The lowest BCUT2D eigenvalue weighted by Crippen LogP contribution is -2.24. The fourth-order valence-electron chi connectivity index (χ4n) is 1.90. The largest absolute Gasteiger partial charge is 0.326 e. The molecule has 0 amide bonds. The third kappa shape index (κ3) is 3.24. The van der Waals surface area contributed by atoms with E-state index >= 15 is 0 Å². The van der Waals surface area contributed by atoms with Crippen LogP contribution < -0.4 is 10.5 Å². The maximum Gasteiger partial charge on any atom is 0.241 e. The van der Waals surface area contributed by atoms with Gasteiger partial charge >= 0.3 is 0 Å².